The van der Waals surface area contributed by atoms with Gasteiger partial charge in [-0.25, -0.2) is 10.2 Å². The van der Waals surface area contributed by atoms with Crippen LogP contribution in [0.2, 0.25) is 0 Å². The molecule has 2 N–H and O–H groups in total. The van der Waals surface area contributed by atoms with Crippen LogP contribution in [0, 0.1) is 0 Å². The number of alkyl halides is 2. The van der Waals surface area contributed by atoms with Gasteiger partial charge in [0.1, 0.15) is 11.4 Å². The fourth-order valence-corrected chi connectivity index (χ4v) is 4.77. The molecule has 1 unspecified atom stereocenters. The molecule has 0 fully saturated rings. The zero-order valence-corrected chi connectivity index (χ0v) is 22.5. The summed E-state index contributed by atoms with van der Waals surface area (Å²) in [5.74, 6) is 1.06. The minimum atomic E-state index is -3.49. The summed E-state index contributed by atoms with van der Waals surface area (Å²) in [5, 5.41) is 0. The van der Waals surface area contributed by atoms with E-state index in [0.29, 0.717) is 38.4 Å². The summed E-state index contributed by atoms with van der Waals surface area (Å²) >= 11 is 11.5. The van der Waals surface area contributed by atoms with Crippen molar-refractivity contribution < 1.29 is 23.4 Å². The smallest absolute Gasteiger partial charge is 0.341 e. The Morgan fingerprint density at radius 1 is 1.12 bits per heavy atom. The number of hydrogen-bond acceptors (Lipinski definition) is 6. The van der Waals surface area contributed by atoms with Crippen LogP contribution in [0.15, 0.2) is 24.3 Å². The highest BCUT2D eigenvalue weighted by Gasteiger charge is 2.26. The van der Waals surface area contributed by atoms with Gasteiger partial charge in [-0.1, -0.05) is 12.1 Å². The standard InChI is InChI=1S/C22H38Cl2N3O5P/c1-22(2,3)32-21(28)9-13-26(4)12-6-16-30-20-8-5-7-19(17-20)18-31-33(25,29)27(14-10-23)15-11-24/h5,7-8,17H,6,9-16,18H2,1-4H3,(H2,25,29). The molecule has 0 saturated carbocycles. The lowest BCUT2D eigenvalue weighted by Crippen LogP contribution is -2.29. The van der Waals surface area contributed by atoms with Crippen LogP contribution in [-0.2, 0) is 25.2 Å². The van der Waals surface area contributed by atoms with Gasteiger partial charge < -0.3 is 18.9 Å². The second-order valence-corrected chi connectivity index (χ2v) is 11.4. The molecule has 1 rings (SSSR count). The fourth-order valence-electron chi connectivity index (χ4n) is 2.87. The van der Waals surface area contributed by atoms with Crippen molar-refractivity contribution in [2.24, 2.45) is 5.50 Å². The van der Waals surface area contributed by atoms with Gasteiger partial charge in [-0.15, -0.1) is 23.2 Å². The maximum absolute atomic E-state index is 12.7. The van der Waals surface area contributed by atoms with Crippen molar-refractivity contribution in [2.75, 3.05) is 51.6 Å². The Morgan fingerprint density at radius 2 is 1.79 bits per heavy atom. The van der Waals surface area contributed by atoms with Crippen LogP contribution in [0.25, 0.3) is 0 Å². The predicted octanol–water partition coefficient (Wildman–Crippen LogP) is 4.48. The Hall–Kier alpha value is -0.860. The van der Waals surface area contributed by atoms with Crippen molar-refractivity contribution in [3.05, 3.63) is 29.8 Å². The first-order valence-electron chi connectivity index (χ1n) is 11.0. The van der Waals surface area contributed by atoms with Crippen LogP contribution < -0.4 is 10.2 Å². The summed E-state index contributed by atoms with van der Waals surface area (Å²) in [6, 6.07) is 7.38. The van der Waals surface area contributed by atoms with E-state index in [2.05, 4.69) is 4.90 Å². The molecular weight excluding hydrogens is 488 g/mol. The molecule has 1 atom stereocenters. The van der Waals surface area contributed by atoms with Gasteiger partial charge in [0, 0.05) is 37.9 Å². The van der Waals surface area contributed by atoms with Crippen molar-refractivity contribution in [2.45, 2.75) is 45.8 Å². The molecule has 0 radical (unpaired) electrons. The van der Waals surface area contributed by atoms with Crippen LogP contribution in [-0.4, -0.2) is 72.7 Å². The van der Waals surface area contributed by atoms with E-state index in [1.165, 1.54) is 4.67 Å². The third-order valence-electron chi connectivity index (χ3n) is 4.46. The van der Waals surface area contributed by atoms with Gasteiger partial charge in [-0.3, -0.25) is 9.36 Å². The van der Waals surface area contributed by atoms with Gasteiger partial charge in [0.15, 0.2) is 0 Å². The van der Waals surface area contributed by atoms with Crippen molar-refractivity contribution in [1.29, 1.82) is 0 Å². The van der Waals surface area contributed by atoms with E-state index in [9.17, 15) is 9.36 Å². The molecule has 1 aromatic rings. The molecule has 0 aliphatic carbocycles. The molecule has 0 bridgehead atoms. The zero-order chi connectivity index (χ0) is 24.9. The third kappa shape index (κ3) is 13.6. The summed E-state index contributed by atoms with van der Waals surface area (Å²) < 4.78 is 30.8. The van der Waals surface area contributed by atoms with Crippen molar-refractivity contribution in [1.82, 2.24) is 9.57 Å². The van der Waals surface area contributed by atoms with E-state index in [1.54, 1.807) is 0 Å². The zero-order valence-electron chi connectivity index (χ0n) is 20.1. The number of nitrogens with two attached hydrogens (primary N) is 1. The molecule has 11 heteroatoms. The first-order chi connectivity index (χ1) is 15.5. The Balaban J connectivity index is 2.40. The number of nitrogens with zero attached hydrogens (tertiary/aromatic N) is 2. The molecule has 0 saturated heterocycles. The summed E-state index contributed by atoms with van der Waals surface area (Å²) in [7, 11) is -1.53. The third-order valence-corrected chi connectivity index (χ3v) is 6.49. The van der Waals surface area contributed by atoms with Gasteiger partial charge in [-0.05, 0) is 51.9 Å². The molecule has 0 heterocycles. The van der Waals surface area contributed by atoms with Gasteiger partial charge in [0.05, 0.1) is 19.6 Å². The number of ether oxygens (including phenoxy) is 2. The Bertz CT molecular complexity index is 758. The quantitative estimate of drug-likeness (QED) is 0.146. The number of carbonyl (C=O) groups is 1. The maximum atomic E-state index is 12.7. The molecule has 190 valence electrons. The number of halogens is 2. The van der Waals surface area contributed by atoms with E-state index in [4.69, 9.17) is 42.7 Å². The highest BCUT2D eigenvalue weighted by atomic mass is 35.5. The van der Waals surface area contributed by atoms with Crippen molar-refractivity contribution in [3.8, 4) is 5.75 Å². The first-order valence-corrected chi connectivity index (χ1v) is 13.7. The number of carbonyl (C=O) groups excluding carboxylic acids is 1. The largest absolute Gasteiger partial charge is 0.494 e. The first kappa shape index (κ1) is 30.2. The monoisotopic (exact) mass is 525 g/mol. The fraction of sp³-hybridized carbons (Fsp3) is 0.682. The van der Waals surface area contributed by atoms with Crippen molar-refractivity contribution >= 4 is 36.8 Å². The topological polar surface area (TPSA) is 94.3 Å². The van der Waals surface area contributed by atoms with Crippen LogP contribution >= 0.6 is 30.9 Å². The molecule has 1 aromatic carbocycles. The molecule has 33 heavy (non-hydrogen) atoms. The molecule has 0 amide bonds. The molecule has 0 aliphatic rings. The van der Waals surface area contributed by atoms with E-state index in [0.717, 1.165) is 18.5 Å². The highest BCUT2D eigenvalue weighted by molar-refractivity contribution is 7.53. The summed E-state index contributed by atoms with van der Waals surface area (Å²) in [5.41, 5.74) is 6.23. The molecule has 0 spiro atoms. The van der Waals surface area contributed by atoms with Crippen LogP contribution in [0.3, 0.4) is 0 Å². The number of hydrogen-bond donors (Lipinski definition) is 1. The summed E-state index contributed by atoms with van der Waals surface area (Å²) in [6.45, 7) is 8.27. The van der Waals surface area contributed by atoms with Crippen LogP contribution in [0.5, 0.6) is 5.75 Å². The minimum absolute atomic E-state index is 0.0828. The lowest BCUT2D eigenvalue weighted by atomic mass is 10.2. The molecule has 0 aromatic heterocycles. The van der Waals surface area contributed by atoms with E-state index in [-0.39, 0.29) is 24.3 Å². The van der Waals surface area contributed by atoms with E-state index < -0.39 is 13.3 Å². The number of benzene rings is 1. The maximum Gasteiger partial charge on any atom is 0.341 e. The van der Waals surface area contributed by atoms with E-state index >= 15 is 0 Å². The average molecular weight is 526 g/mol. The Morgan fingerprint density at radius 3 is 2.39 bits per heavy atom. The predicted molar refractivity (Wildman–Crippen MR) is 134 cm³/mol. The summed E-state index contributed by atoms with van der Waals surface area (Å²) in [6.07, 6.45) is 1.16. The van der Waals surface area contributed by atoms with Crippen LogP contribution in [0.1, 0.15) is 39.2 Å². The second kappa shape index (κ2) is 15.2. The lowest BCUT2D eigenvalue weighted by molar-refractivity contribution is -0.155. The molecule has 8 nitrogen and oxygen atoms in total. The molecular formula is C22H38Cl2N3O5P. The lowest BCUT2D eigenvalue weighted by Gasteiger charge is -2.26. The van der Waals surface area contributed by atoms with Gasteiger partial charge >= 0.3 is 13.6 Å². The van der Waals surface area contributed by atoms with E-state index in [1.807, 2.05) is 52.1 Å². The van der Waals surface area contributed by atoms with Crippen molar-refractivity contribution in [3.63, 3.8) is 0 Å². The van der Waals surface area contributed by atoms with Crippen LogP contribution in [0.4, 0.5) is 0 Å². The Labute approximate surface area is 208 Å². The SMILES string of the molecule is CN(CCCOc1cccc(COP(N)(=O)N(CCCl)CCCl)c1)CCC(=O)OC(C)(C)C. The van der Waals surface area contributed by atoms with Gasteiger partial charge in [0.2, 0.25) is 0 Å². The summed E-state index contributed by atoms with van der Waals surface area (Å²) in [4.78, 5) is 13.9. The number of rotatable bonds is 16. The average Bonchev–Trinajstić information content (AvgIpc) is 2.73. The van der Waals surface area contributed by atoms with Gasteiger partial charge in [0.25, 0.3) is 0 Å². The normalized spacial score (nSPS) is 13.8. The molecule has 0 aliphatic heterocycles. The van der Waals surface area contributed by atoms with Gasteiger partial charge in [-0.2, -0.15) is 0 Å². The Kier molecular flexibility index (Phi) is 13.9. The number of esters is 1. The highest BCUT2D eigenvalue weighted by Crippen LogP contribution is 2.43. The minimum Gasteiger partial charge on any atom is -0.494 e. The second-order valence-electron chi connectivity index (χ2n) is 8.66.